The van der Waals surface area contributed by atoms with Gasteiger partial charge in [0, 0.05) is 11.4 Å². The minimum atomic E-state index is -0.220. The fourth-order valence-corrected chi connectivity index (χ4v) is 3.00. The zero-order chi connectivity index (χ0) is 14.1. The van der Waals surface area contributed by atoms with Crippen molar-refractivity contribution in [3.05, 3.63) is 52.4 Å². The summed E-state index contributed by atoms with van der Waals surface area (Å²) < 4.78 is 12.9. The second kappa shape index (κ2) is 5.17. The molecule has 0 bridgehead atoms. The molecule has 2 heterocycles. The zero-order valence-corrected chi connectivity index (χ0v) is 12.1. The lowest BCUT2D eigenvalue weighted by atomic mass is 10.2. The van der Waals surface area contributed by atoms with Gasteiger partial charge in [0.2, 0.25) is 0 Å². The maximum absolute atomic E-state index is 12.9. The summed E-state index contributed by atoms with van der Waals surface area (Å²) in [6.07, 6.45) is 0. The highest BCUT2D eigenvalue weighted by Gasteiger charge is 2.08. The summed E-state index contributed by atoms with van der Waals surface area (Å²) in [7, 11) is 0. The van der Waals surface area contributed by atoms with Gasteiger partial charge >= 0.3 is 0 Å². The molecule has 3 rings (SSSR count). The maximum Gasteiger partial charge on any atom is 0.138 e. The normalized spacial score (nSPS) is 10.9. The quantitative estimate of drug-likeness (QED) is 0.789. The molecule has 0 atom stereocenters. The Balaban J connectivity index is 1.88. The molecular weight excluding hydrogens is 273 g/mol. The minimum absolute atomic E-state index is 0.220. The van der Waals surface area contributed by atoms with Crippen molar-refractivity contribution in [3.63, 3.8) is 0 Å². The average Bonchev–Trinajstić information content (AvgIpc) is 2.78. The molecule has 3 aromatic rings. The molecule has 102 valence electrons. The Morgan fingerprint density at radius 1 is 1.15 bits per heavy atom. The van der Waals surface area contributed by atoms with Crippen molar-refractivity contribution in [3.8, 4) is 0 Å². The SMILES string of the molecule is Cc1nc(NCc2ccc(F)cc2)c2cc(C)sc2n1. The number of anilines is 1. The smallest absolute Gasteiger partial charge is 0.138 e. The van der Waals surface area contributed by atoms with Crippen LogP contribution in [0.1, 0.15) is 16.3 Å². The van der Waals surface area contributed by atoms with Crippen molar-refractivity contribution >= 4 is 27.4 Å². The van der Waals surface area contributed by atoms with Crippen LogP contribution in [0.15, 0.2) is 30.3 Å². The first-order valence-corrected chi connectivity index (χ1v) is 7.16. The van der Waals surface area contributed by atoms with E-state index in [1.807, 2.05) is 6.92 Å². The van der Waals surface area contributed by atoms with Crippen molar-refractivity contribution in [1.29, 1.82) is 0 Å². The van der Waals surface area contributed by atoms with E-state index in [1.165, 1.54) is 17.0 Å². The third-order valence-corrected chi connectivity index (χ3v) is 3.95. The standard InChI is InChI=1S/C15H14FN3S/c1-9-7-13-14(18-10(2)19-15(13)20-9)17-8-11-3-5-12(16)6-4-11/h3-7H,8H2,1-2H3,(H,17,18,19). The monoisotopic (exact) mass is 287 g/mol. The first-order valence-electron chi connectivity index (χ1n) is 6.35. The summed E-state index contributed by atoms with van der Waals surface area (Å²) >= 11 is 1.66. The summed E-state index contributed by atoms with van der Waals surface area (Å²) in [5.41, 5.74) is 1.02. The molecule has 5 heteroatoms. The predicted octanol–water partition coefficient (Wildman–Crippen LogP) is 4.06. The van der Waals surface area contributed by atoms with Gasteiger partial charge in [-0.25, -0.2) is 14.4 Å². The second-order valence-electron chi connectivity index (χ2n) is 4.68. The van der Waals surface area contributed by atoms with E-state index in [9.17, 15) is 4.39 Å². The van der Waals surface area contributed by atoms with E-state index >= 15 is 0 Å². The molecule has 20 heavy (non-hydrogen) atoms. The number of thiophene rings is 1. The van der Waals surface area contributed by atoms with Crippen LogP contribution in [0.2, 0.25) is 0 Å². The van der Waals surface area contributed by atoms with Crippen LogP contribution in [-0.2, 0) is 6.54 Å². The molecule has 0 amide bonds. The Morgan fingerprint density at radius 3 is 2.65 bits per heavy atom. The summed E-state index contributed by atoms with van der Waals surface area (Å²) in [4.78, 5) is 11.1. The number of halogens is 1. The first-order chi connectivity index (χ1) is 9.61. The Bertz CT molecular complexity index is 750. The molecule has 0 spiro atoms. The number of benzene rings is 1. The van der Waals surface area contributed by atoms with Crippen LogP contribution < -0.4 is 5.32 Å². The number of rotatable bonds is 3. The molecular formula is C15H14FN3S. The van der Waals surface area contributed by atoms with E-state index < -0.39 is 0 Å². The zero-order valence-electron chi connectivity index (χ0n) is 11.3. The van der Waals surface area contributed by atoms with E-state index in [-0.39, 0.29) is 5.82 Å². The van der Waals surface area contributed by atoms with E-state index in [4.69, 9.17) is 0 Å². The lowest BCUT2D eigenvalue weighted by Gasteiger charge is -2.07. The van der Waals surface area contributed by atoms with Crippen molar-refractivity contribution in [2.75, 3.05) is 5.32 Å². The van der Waals surface area contributed by atoms with Gasteiger partial charge in [0.15, 0.2) is 0 Å². The molecule has 0 aliphatic heterocycles. The van der Waals surface area contributed by atoms with Crippen molar-refractivity contribution < 1.29 is 4.39 Å². The molecule has 0 saturated heterocycles. The number of aromatic nitrogens is 2. The van der Waals surface area contributed by atoms with E-state index in [0.29, 0.717) is 6.54 Å². The number of nitrogens with zero attached hydrogens (tertiary/aromatic N) is 2. The van der Waals surface area contributed by atoms with E-state index in [1.54, 1.807) is 23.5 Å². The topological polar surface area (TPSA) is 37.8 Å². The summed E-state index contributed by atoms with van der Waals surface area (Å²) in [6.45, 7) is 4.56. The van der Waals surface area contributed by atoms with Crippen LogP contribution >= 0.6 is 11.3 Å². The Morgan fingerprint density at radius 2 is 1.90 bits per heavy atom. The van der Waals surface area contributed by atoms with Crippen LogP contribution in [0.3, 0.4) is 0 Å². The van der Waals surface area contributed by atoms with Gasteiger partial charge in [0.1, 0.15) is 22.3 Å². The van der Waals surface area contributed by atoms with Gasteiger partial charge in [-0.3, -0.25) is 0 Å². The number of aryl methyl sites for hydroxylation is 2. The van der Waals surface area contributed by atoms with Crippen molar-refractivity contribution in [2.24, 2.45) is 0 Å². The molecule has 0 aliphatic carbocycles. The summed E-state index contributed by atoms with van der Waals surface area (Å²) in [5.74, 6) is 1.37. The number of fused-ring (bicyclic) bond motifs is 1. The molecule has 1 N–H and O–H groups in total. The summed E-state index contributed by atoms with van der Waals surface area (Å²) in [5, 5.41) is 4.35. The number of hydrogen-bond acceptors (Lipinski definition) is 4. The fourth-order valence-electron chi connectivity index (χ4n) is 2.07. The highest BCUT2D eigenvalue weighted by atomic mass is 32.1. The second-order valence-corrected chi connectivity index (χ2v) is 5.91. The van der Waals surface area contributed by atoms with Gasteiger partial charge in [-0.15, -0.1) is 11.3 Å². The van der Waals surface area contributed by atoms with Crippen LogP contribution in [0.4, 0.5) is 10.2 Å². The highest BCUT2D eigenvalue weighted by molar-refractivity contribution is 7.18. The number of nitrogens with one attached hydrogen (secondary N) is 1. The molecule has 0 unspecified atom stereocenters. The van der Waals surface area contributed by atoms with Gasteiger partial charge in [-0.2, -0.15) is 0 Å². The molecule has 0 saturated carbocycles. The van der Waals surface area contributed by atoms with Crippen LogP contribution in [0.5, 0.6) is 0 Å². The van der Waals surface area contributed by atoms with E-state index in [2.05, 4.69) is 28.3 Å². The maximum atomic E-state index is 12.9. The van der Waals surface area contributed by atoms with Gasteiger partial charge in [-0.1, -0.05) is 12.1 Å². The highest BCUT2D eigenvalue weighted by Crippen LogP contribution is 2.28. The molecule has 3 nitrogen and oxygen atoms in total. The average molecular weight is 287 g/mol. The molecule has 0 aliphatic rings. The van der Waals surface area contributed by atoms with Gasteiger partial charge < -0.3 is 5.32 Å². The molecule has 2 aromatic heterocycles. The van der Waals surface area contributed by atoms with Crippen LogP contribution in [0, 0.1) is 19.7 Å². The first kappa shape index (κ1) is 13.0. The predicted molar refractivity (Wildman–Crippen MR) is 80.6 cm³/mol. The largest absolute Gasteiger partial charge is 0.365 e. The lowest BCUT2D eigenvalue weighted by Crippen LogP contribution is -2.03. The van der Waals surface area contributed by atoms with Gasteiger partial charge in [0.25, 0.3) is 0 Å². The molecule has 1 aromatic carbocycles. The minimum Gasteiger partial charge on any atom is -0.365 e. The van der Waals surface area contributed by atoms with E-state index in [0.717, 1.165) is 27.4 Å². The van der Waals surface area contributed by atoms with Crippen molar-refractivity contribution in [1.82, 2.24) is 9.97 Å². The molecule has 0 fully saturated rings. The Hall–Kier alpha value is -2.01. The third-order valence-electron chi connectivity index (χ3n) is 3.00. The fraction of sp³-hybridized carbons (Fsp3) is 0.200. The van der Waals surface area contributed by atoms with Crippen LogP contribution in [-0.4, -0.2) is 9.97 Å². The van der Waals surface area contributed by atoms with Gasteiger partial charge in [0.05, 0.1) is 5.39 Å². The summed E-state index contributed by atoms with van der Waals surface area (Å²) in [6, 6.07) is 8.56. The van der Waals surface area contributed by atoms with Gasteiger partial charge in [-0.05, 0) is 37.6 Å². The molecule has 0 radical (unpaired) electrons. The lowest BCUT2D eigenvalue weighted by molar-refractivity contribution is 0.627. The van der Waals surface area contributed by atoms with Crippen molar-refractivity contribution in [2.45, 2.75) is 20.4 Å². The Labute approximate surface area is 120 Å². The van der Waals surface area contributed by atoms with Crippen LogP contribution in [0.25, 0.3) is 10.2 Å². The third kappa shape index (κ3) is 2.63. The Kier molecular flexibility index (Phi) is 3.36. The number of hydrogen-bond donors (Lipinski definition) is 1.